The minimum atomic E-state index is -2.41. The van der Waals surface area contributed by atoms with Crippen LogP contribution in [0.5, 0.6) is 0 Å². The van der Waals surface area contributed by atoms with Crippen molar-refractivity contribution in [2.45, 2.75) is 26.2 Å². The maximum absolute atomic E-state index is 12.1. The standard InChI is InChI=1S/C12H19F2N3S/c1-3-15-12(17-8-11(13)14)16-7-9(2)10-5-4-6-18-10/h4-6,9,11H,3,7-8H2,1-2H3,(H2,15,16,17). The first-order valence-corrected chi connectivity index (χ1v) is 6.85. The van der Waals surface area contributed by atoms with E-state index in [-0.39, 0.29) is 0 Å². The highest BCUT2D eigenvalue weighted by atomic mass is 32.1. The van der Waals surface area contributed by atoms with Gasteiger partial charge in [0, 0.05) is 23.9 Å². The fraction of sp³-hybridized carbons (Fsp3) is 0.583. The van der Waals surface area contributed by atoms with Crippen LogP contribution in [0, 0.1) is 0 Å². The van der Waals surface area contributed by atoms with E-state index in [9.17, 15) is 8.78 Å². The number of guanidine groups is 1. The fourth-order valence-electron chi connectivity index (χ4n) is 1.42. The Hall–Kier alpha value is -1.17. The van der Waals surface area contributed by atoms with Gasteiger partial charge in [0.25, 0.3) is 6.43 Å². The van der Waals surface area contributed by atoms with E-state index in [1.165, 1.54) is 4.88 Å². The second kappa shape index (κ2) is 8.02. The van der Waals surface area contributed by atoms with Gasteiger partial charge in [-0.2, -0.15) is 0 Å². The van der Waals surface area contributed by atoms with Crippen molar-refractivity contribution in [3.05, 3.63) is 22.4 Å². The highest BCUT2D eigenvalue weighted by molar-refractivity contribution is 7.10. The second-order valence-corrected chi connectivity index (χ2v) is 4.89. The zero-order valence-corrected chi connectivity index (χ0v) is 11.4. The Bertz CT molecular complexity index is 352. The average molecular weight is 275 g/mol. The van der Waals surface area contributed by atoms with Gasteiger partial charge < -0.3 is 10.6 Å². The summed E-state index contributed by atoms with van der Waals surface area (Å²) in [5.41, 5.74) is 0. The van der Waals surface area contributed by atoms with Crippen molar-refractivity contribution in [1.82, 2.24) is 10.6 Å². The summed E-state index contributed by atoms with van der Waals surface area (Å²) in [6, 6.07) is 4.08. The summed E-state index contributed by atoms with van der Waals surface area (Å²) in [5.74, 6) is 0.779. The summed E-state index contributed by atoms with van der Waals surface area (Å²) in [6.45, 7) is 4.86. The van der Waals surface area contributed by atoms with Gasteiger partial charge in [0.15, 0.2) is 5.96 Å². The molecule has 0 aliphatic rings. The van der Waals surface area contributed by atoms with Gasteiger partial charge in [-0.1, -0.05) is 13.0 Å². The molecule has 0 amide bonds. The predicted octanol–water partition coefficient (Wildman–Crippen LogP) is 2.67. The third-order valence-electron chi connectivity index (χ3n) is 2.34. The topological polar surface area (TPSA) is 36.4 Å². The molecule has 0 saturated heterocycles. The lowest BCUT2D eigenvalue weighted by molar-refractivity contribution is 0.158. The zero-order chi connectivity index (χ0) is 13.4. The summed E-state index contributed by atoms with van der Waals surface area (Å²) in [7, 11) is 0. The number of nitrogens with one attached hydrogen (secondary N) is 2. The van der Waals surface area contributed by atoms with E-state index >= 15 is 0 Å². The van der Waals surface area contributed by atoms with Crippen molar-refractivity contribution >= 4 is 17.3 Å². The van der Waals surface area contributed by atoms with Crippen molar-refractivity contribution in [3.8, 4) is 0 Å². The predicted molar refractivity (Wildman–Crippen MR) is 72.7 cm³/mol. The average Bonchev–Trinajstić information content (AvgIpc) is 2.86. The Labute approximate surface area is 110 Å². The van der Waals surface area contributed by atoms with Crippen LogP contribution in [-0.4, -0.2) is 32.0 Å². The van der Waals surface area contributed by atoms with Crippen LogP contribution >= 0.6 is 11.3 Å². The smallest absolute Gasteiger partial charge is 0.257 e. The molecule has 1 aromatic rings. The molecular formula is C12H19F2N3S. The Balaban J connectivity index is 2.44. The van der Waals surface area contributed by atoms with E-state index in [2.05, 4.69) is 28.6 Å². The van der Waals surface area contributed by atoms with Crippen LogP contribution in [0.3, 0.4) is 0 Å². The lowest BCUT2D eigenvalue weighted by atomic mass is 10.1. The zero-order valence-electron chi connectivity index (χ0n) is 10.6. The molecule has 18 heavy (non-hydrogen) atoms. The molecule has 6 heteroatoms. The number of hydrogen-bond acceptors (Lipinski definition) is 2. The number of hydrogen-bond donors (Lipinski definition) is 2. The molecule has 102 valence electrons. The molecule has 0 fully saturated rings. The second-order valence-electron chi connectivity index (χ2n) is 3.91. The first-order chi connectivity index (χ1) is 8.63. The van der Waals surface area contributed by atoms with E-state index < -0.39 is 13.0 Å². The third-order valence-corrected chi connectivity index (χ3v) is 3.44. The molecule has 3 nitrogen and oxygen atoms in total. The van der Waals surface area contributed by atoms with Crippen molar-refractivity contribution in [3.63, 3.8) is 0 Å². The van der Waals surface area contributed by atoms with Gasteiger partial charge >= 0.3 is 0 Å². The van der Waals surface area contributed by atoms with Gasteiger partial charge in [0.2, 0.25) is 0 Å². The summed E-state index contributed by atoms with van der Waals surface area (Å²) < 4.78 is 24.2. The normalized spacial score (nSPS) is 13.7. The first kappa shape index (κ1) is 14.9. The molecule has 0 aromatic carbocycles. The Morgan fingerprint density at radius 1 is 1.44 bits per heavy atom. The quantitative estimate of drug-likeness (QED) is 0.618. The molecule has 1 atom stereocenters. The number of alkyl halides is 2. The van der Waals surface area contributed by atoms with Crippen LogP contribution in [0.2, 0.25) is 0 Å². The largest absolute Gasteiger partial charge is 0.357 e. The van der Waals surface area contributed by atoms with Crippen LogP contribution in [-0.2, 0) is 0 Å². The van der Waals surface area contributed by atoms with Gasteiger partial charge in [0.05, 0.1) is 0 Å². The third kappa shape index (κ3) is 5.44. The maximum Gasteiger partial charge on any atom is 0.257 e. The van der Waals surface area contributed by atoms with Crippen molar-refractivity contribution in [1.29, 1.82) is 0 Å². The van der Waals surface area contributed by atoms with Crippen molar-refractivity contribution in [2.24, 2.45) is 4.99 Å². The molecular weight excluding hydrogens is 256 g/mol. The number of aliphatic imine (C=N–C) groups is 1. The molecule has 1 aromatic heterocycles. The Kier molecular flexibility index (Phi) is 6.64. The van der Waals surface area contributed by atoms with Gasteiger partial charge in [-0.05, 0) is 18.4 Å². The lowest BCUT2D eigenvalue weighted by Gasteiger charge is -2.14. The summed E-state index contributed by atoms with van der Waals surface area (Å²) in [5, 5.41) is 8.05. The number of halogens is 2. The van der Waals surface area contributed by atoms with E-state index in [1.807, 2.05) is 18.4 Å². The first-order valence-electron chi connectivity index (χ1n) is 5.97. The van der Waals surface area contributed by atoms with Crippen molar-refractivity contribution < 1.29 is 8.78 Å². The minimum absolute atomic E-state index is 0.334. The monoisotopic (exact) mass is 275 g/mol. The molecule has 1 heterocycles. The highest BCUT2D eigenvalue weighted by Gasteiger charge is 2.08. The summed E-state index contributed by atoms with van der Waals surface area (Å²) in [6.07, 6.45) is -2.41. The number of nitrogens with zero attached hydrogens (tertiary/aromatic N) is 1. The maximum atomic E-state index is 12.1. The lowest BCUT2D eigenvalue weighted by Crippen LogP contribution is -2.39. The summed E-state index contributed by atoms with van der Waals surface area (Å²) in [4.78, 5) is 5.08. The minimum Gasteiger partial charge on any atom is -0.357 e. The van der Waals surface area contributed by atoms with Gasteiger partial charge in [0.1, 0.15) is 6.54 Å². The van der Waals surface area contributed by atoms with Gasteiger partial charge in [-0.25, -0.2) is 13.8 Å². The molecule has 2 N–H and O–H groups in total. The van der Waals surface area contributed by atoms with Gasteiger partial charge in [-0.15, -0.1) is 11.3 Å². The molecule has 0 saturated carbocycles. The number of thiophene rings is 1. The molecule has 0 spiro atoms. The van der Waals surface area contributed by atoms with Crippen LogP contribution in [0.25, 0.3) is 0 Å². The number of rotatable bonds is 6. The van der Waals surface area contributed by atoms with E-state index in [0.29, 0.717) is 25.0 Å². The molecule has 1 rings (SSSR count). The fourth-order valence-corrected chi connectivity index (χ4v) is 2.21. The summed E-state index contributed by atoms with van der Waals surface area (Å²) >= 11 is 1.69. The molecule has 0 aliphatic carbocycles. The van der Waals surface area contributed by atoms with Crippen LogP contribution in [0.15, 0.2) is 22.5 Å². The molecule has 0 bridgehead atoms. The Morgan fingerprint density at radius 2 is 2.22 bits per heavy atom. The Morgan fingerprint density at radius 3 is 2.78 bits per heavy atom. The van der Waals surface area contributed by atoms with E-state index in [1.54, 1.807) is 11.3 Å². The van der Waals surface area contributed by atoms with Crippen LogP contribution in [0.1, 0.15) is 24.6 Å². The van der Waals surface area contributed by atoms with Crippen molar-refractivity contribution in [2.75, 3.05) is 19.6 Å². The van der Waals surface area contributed by atoms with E-state index in [0.717, 1.165) is 0 Å². The SMILES string of the molecule is CCNC(=NCC(F)F)NCC(C)c1cccs1. The molecule has 0 aliphatic heterocycles. The molecule has 1 unspecified atom stereocenters. The molecule has 0 radical (unpaired) electrons. The van der Waals surface area contributed by atoms with Crippen LogP contribution < -0.4 is 10.6 Å². The highest BCUT2D eigenvalue weighted by Crippen LogP contribution is 2.19. The van der Waals surface area contributed by atoms with Gasteiger partial charge in [-0.3, -0.25) is 0 Å². The van der Waals surface area contributed by atoms with E-state index in [4.69, 9.17) is 0 Å². The van der Waals surface area contributed by atoms with Crippen LogP contribution in [0.4, 0.5) is 8.78 Å².